The van der Waals surface area contributed by atoms with E-state index in [-0.39, 0.29) is 4.75 Å². The summed E-state index contributed by atoms with van der Waals surface area (Å²) in [6, 6.07) is 3.39. The van der Waals surface area contributed by atoms with Gasteiger partial charge in [-0.3, -0.25) is 4.99 Å². The Labute approximate surface area is 159 Å². The molecule has 142 valence electrons. The molecule has 2 heterocycles. The highest BCUT2D eigenvalue weighted by Gasteiger charge is 2.28. The molecule has 25 heavy (non-hydrogen) atoms. The number of sulfonamides is 1. The number of guanidine groups is 1. The number of hydrogen-bond donors (Lipinski definition) is 1. The van der Waals surface area contributed by atoms with Gasteiger partial charge in [-0.05, 0) is 32.2 Å². The fraction of sp³-hybridized carbons (Fsp3) is 0.688. The first-order valence-corrected chi connectivity index (χ1v) is 11.7. The predicted octanol–water partition coefficient (Wildman–Crippen LogP) is 2.16. The molecule has 0 amide bonds. The Kier molecular flexibility index (Phi) is 7.19. The molecule has 0 unspecified atom stereocenters. The van der Waals surface area contributed by atoms with Crippen molar-refractivity contribution in [1.29, 1.82) is 0 Å². The lowest BCUT2D eigenvalue weighted by molar-refractivity contribution is 0.375. The molecule has 6 nitrogen and oxygen atoms in total. The van der Waals surface area contributed by atoms with Gasteiger partial charge in [0.1, 0.15) is 4.21 Å². The molecule has 1 aliphatic rings. The number of thiophene rings is 1. The van der Waals surface area contributed by atoms with E-state index in [1.165, 1.54) is 15.6 Å². The van der Waals surface area contributed by atoms with Gasteiger partial charge in [-0.15, -0.1) is 11.3 Å². The van der Waals surface area contributed by atoms with E-state index in [1.807, 2.05) is 18.7 Å². The summed E-state index contributed by atoms with van der Waals surface area (Å²) < 4.78 is 26.8. The molecule has 0 spiro atoms. The minimum atomic E-state index is -3.40. The van der Waals surface area contributed by atoms with Gasteiger partial charge in [-0.25, -0.2) is 8.42 Å². The maximum Gasteiger partial charge on any atom is 0.252 e. The number of thioether (sulfide) groups is 1. The standard InChI is InChI=1S/C16H28N4O2S3/c1-5-17-15(20-10-12-24-16(2,3)13-20)18-8-9-19(4)25(21,22)14-7-6-11-23-14/h6-7,11H,5,8-10,12-13H2,1-4H3,(H,17,18). The van der Waals surface area contributed by atoms with Crippen LogP contribution in [0.3, 0.4) is 0 Å². The van der Waals surface area contributed by atoms with Crippen LogP contribution in [0.4, 0.5) is 0 Å². The molecule has 1 aromatic rings. The fourth-order valence-electron chi connectivity index (χ4n) is 2.60. The highest BCUT2D eigenvalue weighted by Crippen LogP contribution is 2.29. The topological polar surface area (TPSA) is 65.0 Å². The van der Waals surface area contributed by atoms with Crippen LogP contribution in [0.15, 0.2) is 26.7 Å². The molecule has 1 aliphatic heterocycles. The summed E-state index contributed by atoms with van der Waals surface area (Å²) in [5, 5.41) is 5.11. The quantitative estimate of drug-likeness (QED) is 0.581. The van der Waals surface area contributed by atoms with Gasteiger partial charge in [-0.1, -0.05) is 6.07 Å². The van der Waals surface area contributed by atoms with E-state index >= 15 is 0 Å². The Morgan fingerprint density at radius 1 is 1.48 bits per heavy atom. The molecule has 0 bridgehead atoms. The van der Waals surface area contributed by atoms with Crippen molar-refractivity contribution >= 4 is 39.1 Å². The van der Waals surface area contributed by atoms with Gasteiger partial charge in [0.25, 0.3) is 10.0 Å². The highest BCUT2D eigenvalue weighted by molar-refractivity contribution is 8.00. The third kappa shape index (κ3) is 5.60. The van der Waals surface area contributed by atoms with Gasteiger partial charge >= 0.3 is 0 Å². The zero-order valence-electron chi connectivity index (χ0n) is 15.4. The summed E-state index contributed by atoms with van der Waals surface area (Å²) in [5.41, 5.74) is 0. The van der Waals surface area contributed by atoms with Gasteiger partial charge in [0.2, 0.25) is 0 Å². The van der Waals surface area contributed by atoms with Crippen LogP contribution in [0.5, 0.6) is 0 Å². The average molecular weight is 405 g/mol. The number of rotatable bonds is 6. The Hall–Kier alpha value is -0.770. The van der Waals surface area contributed by atoms with E-state index in [9.17, 15) is 8.42 Å². The fourth-order valence-corrected chi connectivity index (χ4v) is 6.08. The first kappa shape index (κ1) is 20.5. The number of nitrogens with zero attached hydrogens (tertiary/aromatic N) is 3. The highest BCUT2D eigenvalue weighted by atomic mass is 32.2. The van der Waals surface area contributed by atoms with Crippen LogP contribution in [-0.4, -0.2) is 73.9 Å². The van der Waals surface area contributed by atoms with Crippen molar-refractivity contribution in [3.8, 4) is 0 Å². The molecule has 0 aliphatic carbocycles. The monoisotopic (exact) mass is 404 g/mol. The predicted molar refractivity (Wildman–Crippen MR) is 108 cm³/mol. The van der Waals surface area contributed by atoms with E-state index in [4.69, 9.17) is 0 Å². The number of aliphatic imine (C=N–C) groups is 1. The first-order chi connectivity index (χ1) is 11.8. The zero-order valence-corrected chi connectivity index (χ0v) is 17.8. The van der Waals surface area contributed by atoms with Gasteiger partial charge < -0.3 is 10.2 Å². The van der Waals surface area contributed by atoms with Crippen LogP contribution in [0, 0.1) is 0 Å². The molecule has 9 heteroatoms. The molecular weight excluding hydrogens is 376 g/mol. The van der Waals surface area contributed by atoms with Crippen LogP contribution >= 0.6 is 23.1 Å². The van der Waals surface area contributed by atoms with Crippen LogP contribution in [0.25, 0.3) is 0 Å². The number of likely N-dealkylation sites (N-methyl/N-ethyl adjacent to an activating group) is 1. The molecule has 1 saturated heterocycles. The third-order valence-corrected chi connectivity index (χ3v) is 8.42. The smallest absolute Gasteiger partial charge is 0.252 e. The van der Waals surface area contributed by atoms with Crippen molar-refractivity contribution in [3.63, 3.8) is 0 Å². The summed E-state index contributed by atoms with van der Waals surface area (Å²) in [7, 11) is -1.79. The normalized spacial score (nSPS) is 18.6. The Morgan fingerprint density at radius 3 is 2.84 bits per heavy atom. The summed E-state index contributed by atoms with van der Waals surface area (Å²) in [5.74, 6) is 1.95. The Balaban J connectivity index is 1.99. The first-order valence-electron chi connectivity index (χ1n) is 8.43. The Morgan fingerprint density at radius 2 is 2.24 bits per heavy atom. The van der Waals surface area contributed by atoms with Gasteiger partial charge in [0, 0.05) is 43.7 Å². The molecule has 0 atom stereocenters. The Bertz CT molecular complexity index is 672. The van der Waals surface area contributed by atoms with Crippen molar-refractivity contribution in [2.75, 3.05) is 45.5 Å². The lowest BCUT2D eigenvalue weighted by atomic mass is 10.2. The third-order valence-electron chi connectivity index (χ3n) is 3.90. The van der Waals surface area contributed by atoms with E-state index in [1.54, 1.807) is 24.6 Å². The molecule has 0 saturated carbocycles. The van der Waals surface area contributed by atoms with E-state index < -0.39 is 10.0 Å². The molecule has 1 N–H and O–H groups in total. The molecule has 2 rings (SSSR count). The SMILES string of the molecule is CCNC(=NCCN(C)S(=O)(=O)c1cccs1)N1CCSC(C)(C)C1. The van der Waals surface area contributed by atoms with E-state index in [2.05, 4.69) is 29.1 Å². The van der Waals surface area contributed by atoms with Crippen LogP contribution in [0.2, 0.25) is 0 Å². The summed E-state index contributed by atoms with van der Waals surface area (Å²) in [4.78, 5) is 6.93. The van der Waals surface area contributed by atoms with E-state index in [0.29, 0.717) is 17.3 Å². The van der Waals surface area contributed by atoms with E-state index in [0.717, 1.165) is 31.3 Å². The van der Waals surface area contributed by atoms with Gasteiger partial charge in [0.15, 0.2) is 5.96 Å². The maximum atomic E-state index is 12.4. The van der Waals surface area contributed by atoms with Gasteiger partial charge in [0.05, 0.1) is 6.54 Å². The van der Waals surface area contributed by atoms with Crippen molar-refractivity contribution in [2.45, 2.75) is 29.7 Å². The largest absolute Gasteiger partial charge is 0.357 e. The van der Waals surface area contributed by atoms with Crippen molar-refractivity contribution in [3.05, 3.63) is 17.5 Å². The van der Waals surface area contributed by atoms with Crippen LogP contribution in [0.1, 0.15) is 20.8 Å². The van der Waals surface area contributed by atoms with Crippen LogP contribution in [-0.2, 0) is 10.0 Å². The molecule has 0 aromatic carbocycles. The lowest BCUT2D eigenvalue weighted by Gasteiger charge is -2.39. The second kappa shape index (κ2) is 8.75. The van der Waals surface area contributed by atoms with Crippen LogP contribution < -0.4 is 5.32 Å². The lowest BCUT2D eigenvalue weighted by Crippen LogP contribution is -2.51. The zero-order chi connectivity index (χ0) is 18.5. The van der Waals surface area contributed by atoms with Crippen molar-refractivity contribution in [1.82, 2.24) is 14.5 Å². The number of hydrogen-bond acceptors (Lipinski definition) is 5. The molecule has 0 radical (unpaired) electrons. The maximum absolute atomic E-state index is 12.4. The molecular formula is C16H28N4O2S3. The van der Waals surface area contributed by atoms with Crippen molar-refractivity contribution < 1.29 is 8.42 Å². The molecule has 1 aromatic heterocycles. The summed E-state index contributed by atoms with van der Waals surface area (Å²) in [6.07, 6.45) is 0. The average Bonchev–Trinajstić information content (AvgIpc) is 3.08. The van der Waals surface area contributed by atoms with Crippen molar-refractivity contribution in [2.24, 2.45) is 4.99 Å². The summed E-state index contributed by atoms with van der Waals surface area (Å²) in [6.45, 7) is 10.0. The second-order valence-electron chi connectivity index (χ2n) is 6.52. The number of nitrogens with one attached hydrogen (secondary N) is 1. The minimum absolute atomic E-state index is 0.202. The second-order valence-corrected chi connectivity index (χ2v) is 11.5. The minimum Gasteiger partial charge on any atom is -0.357 e. The summed E-state index contributed by atoms with van der Waals surface area (Å²) >= 11 is 3.22. The molecule has 1 fully saturated rings. The van der Waals surface area contributed by atoms with Gasteiger partial charge in [-0.2, -0.15) is 16.1 Å².